The maximum absolute atomic E-state index is 5.62. The van der Waals surface area contributed by atoms with E-state index < -0.39 is 0 Å². The van der Waals surface area contributed by atoms with Gasteiger partial charge in [-0.25, -0.2) is 0 Å². The summed E-state index contributed by atoms with van der Waals surface area (Å²) in [7, 11) is 2.04. The standard InChI is InChI=1S/C14H21NO/c1-3-13(15-2)10-11-6-7-14-12(9-11)5-4-8-16-14/h6-7,9,13,15H,3-5,8,10H2,1-2H3. The first-order valence-electron chi connectivity index (χ1n) is 6.25. The van der Waals surface area contributed by atoms with E-state index in [2.05, 4.69) is 30.4 Å². The molecule has 1 aromatic carbocycles. The molecule has 1 aliphatic heterocycles. The SMILES string of the molecule is CCC(Cc1ccc2c(c1)CCCO2)NC. The van der Waals surface area contributed by atoms with Gasteiger partial charge in [0.1, 0.15) is 5.75 Å². The molecule has 2 nitrogen and oxygen atoms in total. The van der Waals surface area contributed by atoms with Crippen LogP contribution in [0.2, 0.25) is 0 Å². The quantitative estimate of drug-likeness (QED) is 0.840. The summed E-state index contributed by atoms with van der Waals surface area (Å²) >= 11 is 0. The molecule has 1 unspecified atom stereocenters. The van der Waals surface area contributed by atoms with E-state index in [1.54, 1.807) is 0 Å². The van der Waals surface area contributed by atoms with E-state index in [0.29, 0.717) is 6.04 Å². The molecule has 0 radical (unpaired) electrons. The van der Waals surface area contributed by atoms with Gasteiger partial charge >= 0.3 is 0 Å². The molecule has 2 rings (SSSR count). The Morgan fingerprint density at radius 3 is 3.06 bits per heavy atom. The van der Waals surface area contributed by atoms with Gasteiger partial charge < -0.3 is 10.1 Å². The van der Waals surface area contributed by atoms with E-state index in [0.717, 1.165) is 25.2 Å². The zero-order chi connectivity index (χ0) is 11.4. The molecule has 16 heavy (non-hydrogen) atoms. The van der Waals surface area contributed by atoms with Crippen molar-refractivity contribution in [2.45, 2.75) is 38.6 Å². The number of rotatable bonds is 4. The van der Waals surface area contributed by atoms with Gasteiger partial charge in [-0.2, -0.15) is 0 Å². The van der Waals surface area contributed by atoms with E-state index in [1.807, 2.05) is 7.05 Å². The number of hydrogen-bond acceptors (Lipinski definition) is 2. The first-order chi connectivity index (χ1) is 7.83. The topological polar surface area (TPSA) is 21.3 Å². The summed E-state index contributed by atoms with van der Waals surface area (Å²) < 4.78 is 5.62. The number of fused-ring (bicyclic) bond motifs is 1. The number of likely N-dealkylation sites (N-methyl/N-ethyl adjacent to an activating group) is 1. The summed E-state index contributed by atoms with van der Waals surface area (Å²) in [6, 6.07) is 7.23. The normalized spacial score (nSPS) is 16.4. The largest absolute Gasteiger partial charge is 0.493 e. The fourth-order valence-electron chi connectivity index (χ4n) is 2.28. The minimum absolute atomic E-state index is 0.586. The number of hydrogen-bond donors (Lipinski definition) is 1. The summed E-state index contributed by atoms with van der Waals surface area (Å²) in [6.07, 6.45) is 4.60. The average molecular weight is 219 g/mol. The van der Waals surface area contributed by atoms with Crippen LogP contribution in [0.5, 0.6) is 5.75 Å². The summed E-state index contributed by atoms with van der Waals surface area (Å²) in [5.74, 6) is 1.09. The van der Waals surface area contributed by atoms with Crippen LogP contribution in [0.3, 0.4) is 0 Å². The molecular formula is C14H21NO. The van der Waals surface area contributed by atoms with Gasteiger partial charge in [-0.1, -0.05) is 19.1 Å². The summed E-state index contributed by atoms with van der Waals surface area (Å²) in [5.41, 5.74) is 2.81. The molecule has 0 saturated heterocycles. The lowest BCUT2D eigenvalue weighted by Crippen LogP contribution is -2.26. The molecule has 1 aliphatic rings. The first kappa shape index (κ1) is 11.5. The number of nitrogens with one attached hydrogen (secondary N) is 1. The molecule has 0 saturated carbocycles. The van der Waals surface area contributed by atoms with Crippen molar-refractivity contribution in [3.8, 4) is 5.75 Å². The second-order valence-electron chi connectivity index (χ2n) is 4.49. The zero-order valence-electron chi connectivity index (χ0n) is 10.3. The number of ether oxygens (including phenoxy) is 1. The summed E-state index contributed by atoms with van der Waals surface area (Å²) in [6.45, 7) is 3.10. The monoisotopic (exact) mass is 219 g/mol. The van der Waals surface area contributed by atoms with Crippen LogP contribution in [-0.4, -0.2) is 19.7 Å². The molecule has 2 heteroatoms. The van der Waals surface area contributed by atoms with Crippen molar-refractivity contribution < 1.29 is 4.74 Å². The Kier molecular flexibility index (Phi) is 3.83. The van der Waals surface area contributed by atoms with Crippen molar-refractivity contribution in [1.82, 2.24) is 5.32 Å². The molecule has 0 aliphatic carbocycles. The van der Waals surface area contributed by atoms with E-state index in [9.17, 15) is 0 Å². The average Bonchev–Trinajstić information content (AvgIpc) is 2.35. The van der Waals surface area contributed by atoms with Crippen LogP contribution in [0.15, 0.2) is 18.2 Å². The third-order valence-electron chi connectivity index (χ3n) is 3.36. The van der Waals surface area contributed by atoms with E-state index in [4.69, 9.17) is 4.74 Å². The lowest BCUT2D eigenvalue weighted by molar-refractivity contribution is 0.288. The molecule has 88 valence electrons. The Morgan fingerprint density at radius 1 is 1.44 bits per heavy atom. The van der Waals surface area contributed by atoms with Crippen molar-refractivity contribution >= 4 is 0 Å². The smallest absolute Gasteiger partial charge is 0.122 e. The highest BCUT2D eigenvalue weighted by Crippen LogP contribution is 2.26. The van der Waals surface area contributed by atoms with Gasteiger partial charge in [0.2, 0.25) is 0 Å². The van der Waals surface area contributed by atoms with Crippen molar-refractivity contribution in [1.29, 1.82) is 0 Å². The fraction of sp³-hybridized carbons (Fsp3) is 0.571. The third-order valence-corrected chi connectivity index (χ3v) is 3.36. The Hall–Kier alpha value is -1.02. The lowest BCUT2D eigenvalue weighted by Gasteiger charge is -2.19. The highest BCUT2D eigenvalue weighted by molar-refractivity contribution is 5.38. The molecule has 1 aromatic rings. The molecule has 1 heterocycles. The minimum Gasteiger partial charge on any atom is -0.493 e. The maximum atomic E-state index is 5.62. The molecule has 0 spiro atoms. The van der Waals surface area contributed by atoms with Crippen molar-refractivity contribution in [3.05, 3.63) is 29.3 Å². The first-order valence-corrected chi connectivity index (χ1v) is 6.25. The van der Waals surface area contributed by atoms with Crippen molar-refractivity contribution in [2.75, 3.05) is 13.7 Å². The van der Waals surface area contributed by atoms with E-state index in [-0.39, 0.29) is 0 Å². The van der Waals surface area contributed by atoms with Gasteiger partial charge in [0.25, 0.3) is 0 Å². The zero-order valence-corrected chi connectivity index (χ0v) is 10.3. The van der Waals surface area contributed by atoms with Crippen molar-refractivity contribution in [2.24, 2.45) is 0 Å². The van der Waals surface area contributed by atoms with Gasteiger partial charge in [-0.3, -0.25) is 0 Å². The molecule has 0 bridgehead atoms. The highest BCUT2D eigenvalue weighted by Gasteiger charge is 2.11. The Labute approximate surface area is 98.0 Å². The molecule has 0 fully saturated rings. The van der Waals surface area contributed by atoms with E-state index >= 15 is 0 Å². The van der Waals surface area contributed by atoms with Gasteiger partial charge in [-0.15, -0.1) is 0 Å². The fourth-order valence-corrected chi connectivity index (χ4v) is 2.28. The number of aryl methyl sites for hydroxylation is 1. The lowest BCUT2D eigenvalue weighted by atomic mass is 9.98. The Bertz CT molecular complexity index is 345. The highest BCUT2D eigenvalue weighted by atomic mass is 16.5. The molecule has 0 amide bonds. The maximum Gasteiger partial charge on any atom is 0.122 e. The number of benzene rings is 1. The third kappa shape index (κ3) is 2.56. The van der Waals surface area contributed by atoms with Crippen LogP contribution in [-0.2, 0) is 12.8 Å². The Morgan fingerprint density at radius 2 is 2.31 bits per heavy atom. The van der Waals surface area contributed by atoms with Crippen LogP contribution >= 0.6 is 0 Å². The van der Waals surface area contributed by atoms with E-state index in [1.165, 1.54) is 24.0 Å². The van der Waals surface area contributed by atoms with Crippen molar-refractivity contribution in [3.63, 3.8) is 0 Å². The predicted octanol–water partition coefficient (Wildman–Crippen LogP) is 2.55. The minimum atomic E-state index is 0.586. The molecular weight excluding hydrogens is 198 g/mol. The van der Waals surface area contributed by atoms with Gasteiger partial charge in [0.05, 0.1) is 6.61 Å². The van der Waals surface area contributed by atoms with Gasteiger partial charge in [0, 0.05) is 6.04 Å². The second-order valence-corrected chi connectivity index (χ2v) is 4.49. The molecule has 1 N–H and O–H groups in total. The molecule has 0 aromatic heterocycles. The van der Waals surface area contributed by atoms with Crippen LogP contribution < -0.4 is 10.1 Å². The van der Waals surface area contributed by atoms with Gasteiger partial charge in [-0.05, 0) is 49.9 Å². The van der Waals surface area contributed by atoms with Crippen LogP contribution in [0.1, 0.15) is 30.9 Å². The predicted molar refractivity (Wildman–Crippen MR) is 67.1 cm³/mol. The Balaban J connectivity index is 2.10. The molecule has 1 atom stereocenters. The van der Waals surface area contributed by atoms with Gasteiger partial charge in [0.15, 0.2) is 0 Å². The van der Waals surface area contributed by atoms with Crippen LogP contribution in [0.4, 0.5) is 0 Å². The summed E-state index contributed by atoms with van der Waals surface area (Å²) in [5, 5.41) is 3.35. The summed E-state index contributed by atoms with van der Waals surface area (Å²) in [4.78, 5) is 0. The second kappa shape index (κ2) is 5.35. The van der Waals surface area contributed by atoms with Crippen LogP contribution in [0.25, 0.3) is 0 Å². The van der Waals surface area contributed by atoms with Crippen LogP contribution in [0, 0.1) is 0 Å².